The summed E-state index contributed by atoms with van der Waals surface area (Å²) >= 11 is 7.36. The van der Waals surface area contributed by atoms with Crippen LogP contribution in [-0.4, -0.2) is 17.5 Å². The molecule has 0 saturated carbocycles. The maximum Gasteiger partial charge on any atom is 0.267 e. The van der Waals surface area contributed by atoms with Crippen LogP contribution in [0.3, 0.4) is 0 Å². The SMILES string of the molecule is Cc1cccc2sc(N(Cc3ccco3)C(=O)COc3ccc(Cl)cc3)nc12. The van der Waals surface area contributed by atoms with Gasteiger partial charge in [-0.25, -0.2) is 4.98 Å². The lowest BCUT2D eigenvalue weighted by molar-refractivity contribution is -0.120. The number of para-hydroxylation sites is 1. The Balaban J connectivity index is 1.59. The van der Waals surface area contributed by atoms with Crippen LogP contribution >= 0.6 is 22.9 Å². The Hall–Kier alpha value is -2.83. The van der Waals surface area contributed by atoms with E-state index in [0.29, 0.717) is 21.7 Å². The number of fused-ring (bicyclic) bond motifs is 1. The lowest BCUT2D eigenvalue weighted by Gasteiger charge is -2.19. The van der Waals surface area contributed by atoms with E-state index in [1.807, 2.05) is 31.2 Å². The van der Waals surface area contributed by atoms with Crippen LogP contribution in [0.2, 0.25) is 5.02 Å². The molecule has 0 radical (unpaired) electrons. The summed E-state index contributed by atoms with van der Waals surface area (Å²) in [7, 11) is 0. The van der Waals surface area contributed by atoms with E-state index in [1.165, 1.54) is 11.3 Å². The van der Waals surface area contributed by atoms with Gasteiger partial charge >= 0.3 is 0 Å². The minimum Gasteiger partial charge on any atom is -0.484 e. The number of carbonyl (C=O) groups is 1. The van der Waals surface area contributed by atoms with Crippen molar-refractivity contribution in [1.82, 2.24) is 4.98 Å². The van der Waals surface area contributed by atoms with Gasteiger partial charge in [-0.15, -0.1) is 0 Å². The molecule has 0 aliphatic carbocycles. The zero-order valence-corrected chi connectivity index (χ0v) is 16.7. The highest BCUT2D eigenvalue weighted by Gasteiger charge is 2.22. The minimum absolute atomic E-state index is 0.114. The molecule has 4 aromatic rings. The second kappa shape index (κ2) is 8.04. The number of benzene rings is 2. The molecule has 4 rings (SSSR count). The number of aryl methyl sites for hydroxylation is 1. The second-order valence-corrected chi connectivity index (χ2v) is 7.67. The number of aromatic nitrogens is 1. The van der Waals surface area contributed by atoms with Crippen molar-refractivity contribution in [1.29, 1.82) is 0 Å². The molecule has 0 atom stereocenters. The number of carbonyl (C=O) groups excluding carboxylic acids is 1. The summed E-state index contributed by atoms with van der Waals surface area (Å²) in [6, 6.07) is 16.5. The molecule has 0 bridgehead atoms. The Kier molecular flexibility index (Phi) is 5.32. The summed E-state index contributed by atoms with van der Waals surface area (Å²) in [5.74, 6) is 1.05. The largest absolute Gasteiger partial charge is 0.484 e. The Bertz CT molecular complexity index is 1090. The van der Waals surface area contributed by atoms with Gasteiger partial charge in [0.25, 0.3) is 5.91 Å². The molecule has 28 heavy (non-hydrogen) atoms. The van der Waals surface area contributed by atoms with E-state index < -0.39 is 0 Å². The van der Waals surface area contributed by atoms with Crippen LogP contribution in [0, 0.1) is 6.92 Å². The molecular weight excluding hydrogens is 396 g/mol. The molecule has 142 valence electrons. The zero-order valence-electron chi connectivity index (χ0n) is 15.1. The first-order chi connectivity index (χ1) is 13.6. The number of hydrogen-bond acceptors (Lipinski definition) is 5. The van der Waals surface area contributed by atoms with Crippen LogP contribution in [0.15, 0.2) is 65.3 Å². The highest BCUT2D eigenvalue weighted by Crippen LogP contribution is 2.31. The van der Waals surface area contributed by atoms with Crippen molar-refractivity contribution in [3.63, 3.8) is 0 Å². The van der Waals surface area contributed by atoms with Crippen LogP contribution in [-0.2, 0) is 11.3 Å². The van der Waals surface area contributed by atoms with E-state index in [0.717, 1.165) is 15.8 Å². The Morgan fingerprint density at radius 2 is 2.00 bits per heavy atom. The van der Waals surface area contributed by atoms with E-state index in [1.54, 1.807) is 41.5 Å². The van der Waals surface area contributed by atoms with Crippen LogP contribution in [0.4, 0.5) is 5.13 Å². The lowest BCUT2D eigenvalue weighted by atomic mass is 10.2. The summed E-state index contributed by atoms with van der Waals surface area (Å²) in [4.78, 5) is 19.3. The number of halogens is 1. The quantitative estimate of drug-likeness (QED) is 0.421. The number of amides is 1. The molecule has 0 unspecified atom stereocenters. The number of ether oxygens (including phenoxy) is 1. The topological polar surface area (TPSA) is 55.6 Å². The highest BCUT2D eigenvalue weighted by atomic mass is 35.5. The number of rotatable bonds is 6. The summed E-state index contributed by atoms with van der Waals surface area (Å²) in [5, 5.41) is 1.23. The predicted molar refractivity (Wildman–Crippen MR) is 111 cm³/mol. The normalized spacial score (nSPS) is 10.9. The first-order valence-corrected chi connectivity index (χ1v) is 9.87. The Labute approximate surface area is 171 Å². The summed E-state index contributed by atoms with van der Waals surface area (Å²) in [6.07, 6.45) is 1.59. The number of thiazole rings is 1. The Morgan fingerprint density at radius 1 is 1.18 bits per heavy atom. The van der Waals surface area contributed by atoms with Crippen LogP contribution in [0.5, 0.6) is 5.75 Å². The van der Waals surface area contributed by atoms with Gasteiger partial charge in [0.2, 0.25) is 0 Å². The van der Waals surface area contributed by atoms with Gasteiger partial charge in [0, 0.05) is 5.02 Å². The Morgan fingerprint density at radius 3 is 2.71 bits per heavy atom. The van der Waals surface area contributed by atoms with Crippen LogP contribution < -0.4 is 9.64 Å². The summed E-state index contributed by atoms with van der Waals surface area (Å²) < 4.78 is 12.1. The third-order valence-electron chi connectivity index (χ3n) is 4.21. The van der Waals surface area contributed by atoms with Crippen molar-refractivity contribution >= 4 is 44.2 Å². The zero-order chi connectivity index (χ0) is 19.5. The fourth-order valence-electron chi connectivity index (χ4n) is 2.76. The highest BCUT2D eigenvalue weighted by molar-refractivity contribution is 7.22. The average molecular weight is 413 g/mol. The van der Waals surface area contributed by atoms with Crippen molar-refractivity contribution in [2.75, 3.05) is 11.5 Å². The molecular formula is C21H17ClN2O3S. The van der Waals surface area contributed by atoms with Crippen molar-refractivity contribution in [3.8, 4) is 5.75 Å². The van der Waals surface area contributed by atoms with E-state index >= 15 is 0 Å². The fourth-order valence-corrected chi connectivity index (χ4v) is 3.95. The van der Waals surface area contributed by atoms with Crippen molar-refractivity contribution in [2.24, 2.45) is 0 Å². The standard InChI is InChI=1S/C21H17ClN2O3S/c1-14-4-2-6-18-20(14)23-21(28-18)24(12-17-5-3-11-26-17)19(25)13-27-16-9-7-15(22)8-10-16/h2-11H,12-13H2,1H3. The molecule has 1 amide bonds. The van der Waals surface area contributed by atoms with E-state index in [-0.39, 0.29) is 19.1 Å². The molecule has 2 aromatic heterocycles. The fraction of sp³-hybridized carbons (Fsp3) is 0.143. The first kappa shape index (κ1) is 18.5. The van der Waals surface area contributed by atoms with Crippen molar-refractivity contribution in [2.45, 2.75) is 13.5 Å². The third kappa shape index (κ3) is 4.03. The van der Waals surface area contributed by atoms with Gasteiger partial charge in [-0.1, -0.05) is 35.1 Å². The number of hydrogen-bond donors (Lipinski definition) is 0. The second-order valence-electron chi connectivity index (χ2n) is 6.22. The van der Waals surface area contributed by atoms with Gasteiger partial charge in [-0.05, 0) is 55.0 Å². The third-order valence-corrected chi connectivity index (χ3v) is 5.51. The summed E-state index contributed by atoms with van der Waals surface area (Å²) in [5.41, 5.74) is 1.97. The van der Waals surface area contributed by atoms with Gasteiger partial charge in [-0.2, -0.15) is 0 Å². The number of furan rings is 1. The lowest BCUT2D eigenvalue weighted by Crippen LogP contribution is -2.34. The van der Waals surface area contributed by atoms with Crippen LogP contribution in [0.1, 0.15) is 11.3 Å². The molecule has 2 aromatic carbocycles. The summed E-state index contributed by atoms with van der Waals surface area (Å²) in [6.45, 7) is 2.18. The first-order valence-electron chi connectivity index (χ1n) is 8.67. The minimum atomic E-state index is -0.206. The maximum atomic E-state index is 13.0. The van der Waals surface area contributed by atoms with Crippen LogP contribution in [0.25, 0.3) is 10.2 Å². The monoisotopic (exact) mass is 412 g/mol. The molecule has 0 spiro atoms. The molecule has 0 aliphatic heterocycles. The average Bonchev–Trinajstić information content (AvgIpc) is 3.35. The van der Waals surface area contributed by atoms with Crippen molar-refractivity contribution in [3.05, 3.63) is 77.2 Å². The van der Waals surface area contributed by atoms with Crippen molar-refractivity contribution < 1.29 is 13.9 Å². The molecule has 0 saturated heterocycles. The molecule has 0 aliphatic rings. The van der Waals surface area contributed by atoms with Gasteiger partial charge in [0.05, 0.1) is 23.0 Å². The van der Waals surface area contributed by atoms with Gasteiger partial charge in [-0.3, -0.25) is 9.69 Å². The molecule has 7 heteroatoms. The smallest absolute Gasteiger partial charge is 0.267 e. The van der Waals surface area contributed by atoms with E-state index in [2.05, 4.69) is 4.98 Å². The molecule has 0 fully saturated rings. The molecule has 5 nitrogen and oxygen atoms in total. The molecule has 2 heterocycles. The number of anilines is 1. The van der Waals surface area contributed by atoms with Gasteiger partial charge in [0.15, 0.2) is 11.7 Å². The number of nitrogens with zero attached hydrogens (tertiary/aromatic N) is 2. The van der Waals surface area contributed by atoms with E-state index in [4.69, 9.17) is 20.8 Å². The van der Waals surface area contributed by atoms with E-state index in [9.17, 15) is 4.79 Å². The molecule has 0 N–H and O–H groups in total. The van der Waals surface area contributed by atoms with Gasteiger partial charge in [0.1, 0.15) is 11.5 Å². The predicted octanol–water partition coefficient (Wildman–Crippen LogP) is 5.46. The maximum absolute atomic E-state index is 13.0. The van der Waals surface area contributed by atoms with Gasteiger partial charge < -0.3 is 9.15 Å².